The van der Waals surface area contributed by atoms with E-state index in [-0.39, 0.29) is 5.56 Å². The summed E-state index contributed by atoms with van der Waals surface area (Å²) < 4.78 is 0. The minimum absolute atomic E-state index is 0.289. The van der Waals surface area contributed by atoms with Crippen molar-refractivity contribution in [1.82, 2.24) is 0 Å². The molecule has 1 atom stereocenters. The molecule has 0 radical (unpaired) electrons. The zero-order valence-corrected chi connectivity index (χ0v) is 8.77. The van der Waals surface area contributed by atoms with E-state index in [1.54, 1.807) is 25.1 Å². The predicted molar refractivity (Wildman–Crippen MR) is 56.4 cm³/mol. The fourth-order valence-corrected chi connectivity index (χ4v) is 1.35. The number of rotatable bonds is 3. The first-order valence-corrected chi connectivity index (χ1v) is 4.74. The van der Waals surface area contributed by atoms with Crippen molar-refractivity contribution in [3.63, 3.8) is 0 Å². The molecular formula is C12H10N2O2. The summed E-state index contributed by atoms with van der Waals surface area (Å²) in [7, 11) is 0. The number of nitriles is 2. The zero-order valence-electron chi connectivity index (χ0n) is 8.77. The van der Waals surface area contributed by atoms with E-state index >= 15 is 0 Å². The van der Waals surface area contributed by atoms with Crippen LogP contribution in [0.25, 0.3) is 0 Å². The molecule has 1 unspecified atom stereocenters. The lowest BCUT2D eigenvalue weighted by Gasteiger charge is -2.06. The van der Waals surface area contributed by atoms with Crippen molar-refractivity contribution in [2.24, 2.45) is 5.92 Å². The van der Waals surface area contributed by atoms with Crippen molar-refractivity contribution in [3.8, 4) is 12.1 Å². The standard InChI is InChI=1S/C12H10N2O2/c1-8(12(15)16)4-9-2-3-10(6-13)11(5-9)7-14/h2-3,5,8H,4H2,1H3,(H,15,16). The Labute approximate surface area is 93.4 Å². The van der Waals surface area contributed by atoms with Crippen LogP contribution in [0.4, 0.5) is 0 Å². The highest BCUT2D eigenvalue weighted by molar-refractivity contribution is 5.70. The second-order valence-electron chi connectivity index (χ2n) is 3.55. The van der Waals surface area contributed by atoms with Gasteiger partial charge in [0.25, 0.3) is 0 Å². The van der Waals surface area contributed by atoms with Crippen LogP contribution in [0, 0.1) is 28.6 Å². The molecule has 0 heterocycles. The molecule has 80 valence electrons. The lowest BCUT2D eigenvalue weighted by molar-refractivity contribution is -0.141. The van der Waals surface area contributed by atoms with Gasteiger partial charge in [-0.15, -0.1) is 0 Å². The van der Waals surface area contributed by atoms with Crippen molar-refractivity contribution >= 4 is 5.97 Å². The van der Waals surface area contributed by atoms with Crippen molar-refractivity contribution < 1.29 is 9.90 Å². The normalized spacial score (nSPS) is 11.2. The lowest BCUT2D eigenvalue weighted by Crippen LogP contribution is -2.12. The Morgan fingerprint density at radius 2 is 2.00 bits per heavy atom. The molecule has 4 heteroatoms. The summed E-state index contributed by atoms with van der Waals surface area (Å²) in [6, 6.07) is 8.62. The fraction of sp³-hybridized carbons (Fsp3) is 0.250. The molecule has 1 aromatic carbocycles. The van der Waals surface area contributed by atoms with Crippen LogP contribution in [0.2, 0.25) is 0 Å². The maximum atomic E-state index is 10.7. The Balaban J connectivity index is 2.98. The Morgan fingerprint density at radius 1 is 1.38 bits per heavy atom. The highest BCUT2D eigenvalue weighted by atomic mass is 16.4. The predicted octanol–water partition coefficient (Wildman–Crippen LogP) is 1.69. The number of hydrogen-bond acceptors (Lipinski definition) is 3. The monoisotopic (exact) mass is 214 g/mol. The molecule has 0 saturated heterocycles. The number of benzene rings is 1. The highest BCUT2D eigenvalue weighted by Gasteiger charge is 2.12. The van der Waals surface area contributed by atoms with E-state index in [0.29, 0.717) is 12.0 Å². The molecule has 1 aromatic rings. The summed E-state index contributed by atoms with van der Waals surface area (Å²) in [4.78, 5) is 10.7. The van der Waals surface area contributed by atoms with Crippen LogP contribution >= 0.6 is 0 Å². The first-order valence-electron chi connectivity index (χ1n) is 4.74. The maximum absolute atomic E-state index is 10.7. The highest BCUT2D eigenvalue weighted by Crippen LogP contribution is 2.14. The SMILES string of the molecule is CC(Cc1ccc(C#N)c(C#N)c1)C(=O)O. The minimum atomic E-state index is -0.872. The van der Waals surface area contributed by atoms with E-state index in [1.807, 2.05) is 12.1 Å². The van der Waals surface area contributed by atoms with Gasteiger partial charge >= 0.3 is 5.97 Å². The van der Waals surface area contributed by atoms with Gasteiger partial charge in [0.15, 0.2) is 0 Å². The third-order valence-corrected chi connectivity index (χ3v) is 2.29. The number of carbonyl (C=O) groups is 1. The fourth-order valence-electron chi connectivity index (χ4n) is 1.35. The average Bonchev–Trinajstić information content (AvgIpc) is 2.28. The molecule has 0 bridgehead atoms. The number of hydrogen-bond donors (Lipinski definition) is 1. The van der Waals surface area contributed by atoms with Crippen LogP contribution in [-0.2, 0) is 11.2 Å². The summed E-state index contributed by atoms with van der Waals surface area (Å²) in [6.45, 7) is 1.60. The van der Waals surface area contributed by atoms with Crippen molar-refractivity contribution in [2.75, 3.05) is 0 Å². The largest absolute Gasteiger partial charge is 0.481 e. The van der Waals surface area contributed by atoms with Gasteiger partial charge < -0.3 is 5.11 Å². The van der Waals surface area contributed by atoms with Crippen molar-refractivity contribution in [3.05, 3.63) is 34.9 Å². The molecule has 0 spiro atoms. The van der Waals surface area contributed by atoms with Crippen molar-refractivity contribution in [1.29, 1.82) is 10.5 Å². The van der Waals surface area contributed by atoms with Gasteiger partial charge in [-0.1, -0.05) is 13.0 Å². The molecule has 1 N–H and O–H groups in total. The minimum Gasteiger partial charge on any atom is -0.481 e. The van der Waals surface area contributed by atoms with Crippen LogP contribution in [0.1, 0.15) is 23.6 Å². The van der Waals surface area contributed by atoms with Crippen LogP contribution in [-0.4, -0.2) is 11.1 Å². The van der Waals surface area contributed by atoms with E-state index < -0.39 is 11.9 Å². The summed E-state index contributed by atoms with van der Waals surface area (Å²) in [5, 5.41) is 26.3. The van der Waals surface area contributed by atoms with Crippen LogP contribution < -0.4 is 0 Å². The summed E-state index contributed by atoms with van der Waals surface area (Å²) in [5.41, 5.74) is 1.36. The van der Waals surface area contributed by atoms with E-state index in [4.69, 9.17) is 15.6 Å². The number of aliphatic carboxylic acids is 1. The Hall–Kier alpha value is -2.33. The molecule has 1 rings (SSSR count). The summed E-state index contributed by atoms with van der Waals surface area (Å²) >= 11 is 0. The second-order valence-corrected chi connectivity index (χ2v) is 3.55. The molecule has 0 aromatic heterocycles. The first kappa shape index (κ1) is 11.7. The third kappa shape index (κ3) is 2.59. The van der Waals surface area contributed by atoms with Gasteiger partial charge in [-0.05, 0) is 24.1 Å². The van der Waals surface area contributed by atoms with Gasteiger partial charge in [0.05, 0.1) is 17.0 Å². The second kappa shape index (κ2) is 4.95. The Morgan fingerprint density at radius 3 is 2.50 bits per heavy atom. The quantitative estimate of drug-likeness (QED) is 0.829. The number of carboxylic acids is 1. The van der Waals surface area contributed by atoms with E-state index in [9.17, 15) is 4.79 Å². The third-order valence-electron chi connectivity index (χ3n) is 2.29. The van der Waals surface area contributed by atoms with Crippen LogP contribution in [0.5, 0.6) is 0 Å². The summed E-state index contributed by atoms with van der Waals surface area (Å²) in [6.07, 6.45) is 0.357. The Kier molecular flexibility index (Phi) is 3.63. The lowest BCUT2D eigenvalue weighted by atomic mass is 9.98. The maximum Gasteiger partial charge on any atom is 0.306 e. The van der Waals surface area contributed by atoms with Gasteiger partial charge in [0, 0.05) is 0 Å². The topological polar surface area (TPSA) is 84.9 Å². The molecular weight excluding hydrogens is 204 g/mol. The molecule has 0 amide bonds. The molecule has 0 aliphatic heterocycles. The average molecular weight is 214 g/mol. The number of nitrogens with zero attached hydrogens (tertiary/aromatic N) is 2. The van der Waals surface area contributed by atoms with Gasteiger partial charge in [0.1, 0.15) is 12.1 Å². The molecule has 16 heavy (non-hydrogen) atoms. The molecule has 0 aliphatic rings. The van der Waals surface area contributed by atoms with E-state index in [2.05, 4.69) is 0 Å². The molecule has 0 fully saturated rings. The number of carboxylic acid groups (broad SMARTS) is 1. The first-order chi connectivity index (χ1) is 7.58. The van der Waals surface area contributed by atoms with E-state index in [0.717, 1.165) is 5.56 Å². The zero-order chi connectivity index (χ0) is 12.1. The van der Waals surface area contributed by atoms with Gasteiger partial charge in [-0.3, -0.25) is 4.79 Å². The molecule has 0 aliphatic carbocycles. The van der Waals surface area contributed by atoms with Gasteiger partial charge in [-0.25, -0.2) is 0 Å². The van der Waals surface area contributed by atoms with Crippen LogP contribution in [0.3, 0.4) is 0 Å². The molecule has 4 nitrogen and oxygen atoms in total. The van der Waals surface area contributed by atoms with Crippen molar-refractivity contribution in [2.45, 2.75) is 13.3 Å². The smallest absolute Gasteiger partial charge is 0.306 e. The van der Waals surface area contributed by atoms with E-state index in [1.165, 1.54) is 0 Å². The Bertz CT molecular complexity index is 495. The van der Waals surface area contributed by atoms with Gasteiger partial charge in [0.2, 0.25) is 0 Å². The van der Waals surface area contributed by atoms with Crippen LogP contribution in [0.15, 0.2) is 18.2 Å². The summed E-state index contributed by atoms with van der Waals surface area (Å²) in [5.74, 6) is -1.37. The molecule has 0 saturated carbocycles. The van der Waals surface area contributed by atoms with Gasteiger partial charge in [-0.2, -0.15) is 10.5 Å².